The number of nitrogens with one attached hydrogen (secondary N) is 1. The van der Waals surface area contributed by atoms with Crippen LogP contribution >= 0.6 is 22.9 Å². The van der Waals surface area contributed by atoms with Crippen molar-refractivity contribution in [3.05, 3.63) is 63.1 Å². The summed E-state index contributed by atoms with van der Waals surface area (Å²) in [7, 11) is 0. The van der Waals surface area contributed by atoms with Gasteiger partial charge in [0, 0.05) is 22.9 Å². The van der Waals surface area contributed by atoms with Crippen LogP contribution in [0.3, 0.4) is 0 Å². The average molecular weight is 401 g/mol. The summed E-state index contributed by atoms with van der Waals surface area (Å²) in [5, 5.41) is 3.66. The number of nitrogens with zero attached hydrogens (tertiary/aromatic N) is 1. The van der Waals surface area contributed by atoms with Gasteiger partial charge in [-0.3, -0.25) is 0 Å². The maximum absolute atomic E-state index is 6.41. The summed E-state index contributed by atoms with van der Waals surface area (Å²) in [5.74, 6) is 1.52. The normalized spacial score (nSPS) is 27.6. The summed E-state index contributed by atoms with van der Waals surface area (Å²) in [5.41, 5.74) is 2.04. The molecule has 1 N–H and O–H groups in total. The Morgan fingerprint density at radius 3 is 2.96 bits per heavy atom. The minimum absolute atomic E-state index is 0.0607. The molecule has 27 heavy (non-hydrogen) atoms. The van der Waals surface area contributed by atoms with Crippen LogP contribution in [0.2, 0.25) is 4.34 Å². The Hall–Kier alpha value is -1.66. The minimum atomic E-state index is -0.291. The number of rotatable bonds is 2. The van der Waals surface area contributed by atoms with Gasteiger partial charge in [-0.1, -0.05) is 29.8 Å². The van der Waals surface area contributed by atoms with Gasteiger partial charge in [0.1, 0.15) is 11.4 Å². The van der Waals surface area contributed by atoms with E-state index < -0.39 is 0 Å². The molecule has 3 aromatic rings. The van der Waals surface area contributed by atoms with Crippen LogP contribution < -0.4 is 5.32 Å². The number of halogens is 1. The van der Waals surface area contributed by atoms with Crippen molar-refractivity contribution in [1.82, 2.24) is 10.3 Å². The molecule has 0 aliphatic carbocycles. The van der Waals surface area contributed by atoms with Crippen LogP contribution in [0.1, 0.15) is 42.0 Å². The summed E-state index contributed by atoms with van der Waals surface area (Å²) < 4.78 is 13.4. The van der Waals surface area contributed by atoms with Gasteiger partial charge in [0.15, 0.2) is 0 Å². The fourth-order valence-corrected chi connectivity index (χ4v) is 5.87. The zero-order valence-electron chi connectivity index (χ0n) is 15.1. The van der Waals surface area contributed by atoms with Crippen LogP contribution in [-0.2, 0) is 16.8 Å². The molecule has 1 spiro atoms. The van der Waals surface area contributed by atoms with E-state index >= 15 is 0 Å². The summed E-state index contributed by atoms with van der Waals surface area (Å²) in [6, 6.07) is 12.5. The van der Waals surface area contributed by atoms with E-state index in [9.17, 15) is 0 Å². The van der Waals surface area contributed by atoms with E-state index in [1.807, 2.05) is 36.5 Å². The van der Waals surface area contributed by atoms with Crippen LogP contribution in [0.4, 0.5) is 0 Å². The van der Waals surface area contributed by atoms with Crippen molar-refractivity contribution in [3.8, 4) is 11.5 Å². The molecule has 1 fully saturated rings. The molecule has 2 aliphatic rings. The zero-order valence-corrected chi connectivity index (χ0v) is 16.6. The van der Waals surface area contributed by atoms with Crippen molar-refractivity contribution in [2.75, 3.05) is 6.61 Å². The molecule has 0 radical (unpaired) electrons. The Morgan fingerprint density at radius 2 is 2.11 bits per heavy atom. The molecule has 3 atom stereocenters. The number of fused-ring (bicyclic) bond motifs is 2. The minimum Gasteiger partial charge on any atom is -0.440 e. The number of hydrogen-bond acceptors (Lipinski definition) is 5. The van der Waals surface area contributed by atoms with Gasteiger partial charge in [0.05, 0.1) is 23.2 Å². The van der Waals surface area contributed by atoms with Crippen molar-refractivity contribution in [2.24, 2.45) is 0 Å². The third-order valence-corrected chi connectivity index (χ3v) is 6.98. The van der Waals surface area contributed by atoms with Gasteiger partial charge in [0.2, 0.25) is 5.89 Å². The number of benzene rings is 1. The van der Waals surface area contributed by atoms with Gasteiger partial charge < -0.3 is 14.5 Å². The molecule has 0 amide bonds. The van der Waals surface area contributed by atoms with Crippen LogP contribution in [0.25, 0.3) is 11.5 Å². The molecule has 1 saturated heterocycles. The number of aromatic nitrogens is 1. The first-order valence-electron chi connectivity index (χ1n) is 9.33. The fraction of sp³-hybridized carbons (Fsp3) is 0.381. The first-order valence-corrected chi connectivity index (χ1v) is 10.5. The molecule has 6 heteroatoms. The van der Waals surface area contributed by atoms with Crippen molar-refractivity contribution in [1.29, 1.82) is 0 Å². The predicted molar refractivity (Wildman–Crippen MR) is 107 cm³/mol. The van der Waals surface area contributed by atoms with Gasteiger partial charge in [0.25, 0.3) is 0 Å². The highest BCUT2D eigenvalue weighted by atomic mass is 35.5. The molecule has 2 aromatic heterocycles. The Morgan fingerprint density at radius 1 is 1.26 bits per heavy atom. The first kappa shape index (κ1) is 17.4. The topological polar surface area (TPSA) is 47.3 Å². The molecule has 4 nitrogen and oxygen atoms in total. The highest BCUT2D eigenvalue weighted by Crippen LogP contribution is 2.50. The monoisotopic (exact) mass is 400 g/mol. The smallest absolute Gasteiger partial charge is 0.226 e. The lowest BCUT2D eigenvalue weighted by Gasteiger charge is -2.45. The zero-order chi connectivity index (χ0) is 18.4. The molecule has 0 unspecified atom stereocenters. The van der Waals surface area contributed by atoms with E-state index in [2.05, 4.69) is 23.3 Å². The molecular formula is C21H21ClN2O2S. The third-order valence-electron chi connectivity index (χ3n) is 5.49. The quantitative estimate of drug-likeness (QED) is 0.630. The number of hydrogen-bond donors (Lipinski definition) is 1. The van der Waals surface area contributed by atoms with E-state index in [0.717, 1.165) is 41.5 Å². The lowest BCUT2D eigenvalue weighted by Crippen LogP contribution is -2.49. The SMILES string of the molecule is C[C@H]1C[C@@]2(C[C@@H](c3cnc(-c4ccccc4)o3)N1)OCCc1cc(Cl)sc12. The molecule has 5 rings (SSSR count). The molecule has 4 heterocycles. The summed E-state index contributed by atoms with van der Waals surface area (Å²) in [6.45, 7) is 2.94. The van der Waals surface area contributed by atoms with E-state index in [4.69, 9.17) is 20.8 Å². The van der Waals surface area contributed by atoms with Crippen LogP contribution in [-0.4, -0.2) is 17.6 Å². The van der Waals surface area contributed by atoms with Gasteiger partial charge in [-0.2, -0.15) is 0 Å². The fourth-order valence-electron chi connectivity index (χ4n) is 4.41. The molecule has 2 aliphatic heterocycles. The Bertz CT molecular complexity index is 954. The molecule has 1 aromatic carbocycles. The molecule has 0 bridgehead atoms. The van der Waals surface area contributed by atoms with Gasteiger partial charge in [-0.25, -0.2) is 4.98 Å². The summed E-state index contributed by atoms with van der Waals surface area (Å²) in [6.07, 6.45) is 4.54. The van der Waals surface area contributed by atoms with Crippen LogP contribution in [0.5, 0.6) is 0 Å². The number of thiophene rings is 1. The van der Waals surface area contributed by atoms with E-state index in [1.165, 1.54) is 10.4 Å². The molecular weight excluding hydrogens is 380 g/mol. The second-order valence-corrected chi connectivity index (χ2v) is 9.14. The van der Waals surface area contributed by atoms with Crippen molar-refractivity contribution in [2.45, 2.75) is 43.9 Å². The van der Waals surface area contributed by atoms with Crippen molar-refractivity contribution < 1.29 is 9.15 Å². The van der Waals surface area contributed by atoms with Crippen molar-refractivity contribution >= 4 is 22.9 Å². The number of ether oxygens (including phenoxy) is 1. The summed E-state index contributed by atoms with van der Waals surface area (Å²) >= 11 is 8.00. The second-order valence-electron chi connectivity index (χ2n) is 7.46. The number of piperidine rings is 1. The second kappa shape index (κ2) is 6.74. The average Bonchev–Trinajstić information content (AvgIpc) is 3.29. The van der Waals surface area contributed by atoms with Gasteiger partial charge >= 0.3 is 0 Å². The first-order chi connectivity index (χ1) is 13.1. The third kappa shape index (κ3) is 3.13. The lowest BCUT2D eigenvalue weighted by molar-refractivity contribution is -0.0969. The Balaban J connectivity index is 1.48. The number of oxazole rings is 1. The standard InChI is InChI=1S/C21H21ClN2O2S/c1-13-10-21(19-15(7-8-25-21)9-18(22)27-19)11-16(24-13)17-12-23-20(26-17)14-5-3-2-4-6-14/h2-6,9,12-13,16,24H,7-8,10-11H2,1H3/t13-,16-,21-/m0/s1. The van der Waals surface area contributed by atoms with Gasteiger partial charge in [-0.15, -0.1) is 11.3 Å². The van der Waals surface area contributed by atoms with E-state index in [0.29, 0.717) is 11.9 Å². The highest BCUT2D eigenvalue weighted by molar-refractivity contribution is 7.16. The highest BCUT2D eigenvalue weighted by Gasteiger charge is 2.46. The molecule has 140 valence electrons. The Kier molecular flexibility index (Phi) is 4.36. The summed E-state index contributed by atoms with van der Waals surface area (Å²) in [4.78, 5) is 5.79. The largest absolute Gasteiger partial charge is 0.440 e. The molecule has 0 saturated carbocycles. The maximum atomic E-state index is 6.41. The predicted octanol–water partition coefficient (Wildman–Crippen LogP) is 5.34. The van der Waals surface area contributed by atoms with Crippen LogP contribution in [0.15, 0.2) is 47.0 Å². The van der Waals surface area contributed by atoms with E-state index in [-0.39, 0.29) is 11.6 Å². The Labute approximate surface area is 167 Å². The van der Waals surface area contributed by atoms with Gasteiger partial charge in [-0.05, 0) is 43.5 Å². The van der Waals surface area contributed by atoms with Crippen LogP contribution in [0, 0.1) is 0 Å². The maximum Gasteiger partial charge on any atom is 0.226 e. The van der Waals surface area contributed by atoms with Crippen molar-refractivity contribution in [3.63, 3.8) is 0 Å². The van der Waals surface area contributed by atoms with E-state index in [1.54, 1.807) is 11.3 Å². The lowest BCUT2D eigenvalue weighted by atomic mass is 9.79.